The number of rotatable bonds is 5. The van der Waals surface area contributed by atoms with Crippen LogP contribution in [0.1, 0.15) is 15.9 Å². The number of carbonyl (C=O) groups is 1. The Hall–Kier alpha value is -2.43. The van der Waals surface area contributed by atoms with Gasteiger partial charge >= 0.3 is 0 Å². The average Bonchev–Trinajstić information content (AvgIpc) is 2.41. The molecule has 0 bridgehead atoms. The lowest BCUT2D eigenvalue weighted by atomic mass is 10.1. The van der Waals surface area contributed by atoms with E-state index in [1.54, 1.807) is 30.5 Å². The Bertz CT molecular complexity index is 569. The van der Waals surface area contributed by atoms with E-state index in [1.807, 2.05) is 0 Å². The highest BCUT2D eigenvalue weighted by molar-refractivity contribution is 5.97. The summed E-state index contributed by atoms with van der Waals surface area (Å²) in [6, 6.07) is 9.57. The Labute approximate surface area is 110 Å². The highest BCUT2D eigenvalue weighted by Gasteiger charge is 2.07. The van der Waals surface area contributed by atoms with Gasteiger partial charge in [-0.25, -0.2) is 9.37 Å². The van der Waals surface area contributed by atoms with Gasteiger partial charge in [0.15, 0.2) is 0 Å². The quantitative estimate of drug-likeness (QED) is 0.862. The summed E-state index contributed by atoms with van der Waals surface area (Å²) in [5.74, 6) is -0.299. The minimum Gasteiger partial charge on any atom is -0.369 e. The van der Waals surface area contributed by atoms with Gasteiger partial charge in [-0.2, -0.15) is 0 Å². The number of halogens is 1. The summed E-state index contributed by atoms with van der Waals surface area (Å²) >= 11 is 0. The van der Waals surface area contributed by atoms with Crippen molar-refractivity contribution in [1.82, 2.24) is 4.98 Å². The molecular formula is C14H14FN3O. The maximum absolute atomic E-state index is 12.7. The van der Waals surface area contributed by atoms with E-state index in [4.69, 9.17) is 5.73 Å². The Morgan fingerprint density at radius 2 is 2.00 bits per heavy atom. The van der Waals surface area contributed by atoms with Gasteiger partial charge in [0.25, 0.3) is 5.91 Å². The van der Waals surface area contributed by atoms with Crippen LogP contribution in [-0.2, 0) is 6.42 Å². The van der Waals surface area contributed by atoms with Gasteiger partial charge in [0, 0.05) is 12.7 Å². The molecule has 1 aromatic carbocycles. The molecule has 1 amide bonds. The number of pyridine rings is 1. The number of aromatic nitrogens is 1. The molecule has 0 saturated carbocycles. The van der Waals surface area contributed by atoms with Crippen molar-refractivity contribution >= 4 is 11.7 Å². The molecule has 0 spiro atoms. The monoisotopic (exact) mass is 259 g/mol. The molecule has 19 heavy (non-hydrogen) atoms. The van der Waals surface area contributed by atoms with Crippen molar-refractivity contribution < 1.29 is 9.18 Å². The molecule has 0 unspecified atom stereocenters. The van der Waals surface area contributed by atoms with Crippen LogP contribution in [0.15, 0.2) is 42.6 Å². The lowest BCUT2D eigenvalue weighted by molar-refractivity contribution is 0.100. The normalized spacial score (nSPS) is 10.2. The Balaban J connectivity index is 1.96. The minimum atomic E-state index is -0.516. The summed E-state index contributed by atoms with van der Waals surface area (Å²) in [6.45, 7) is 0.586. The number of hydrogen-bond acceptors (Lipinski definition) is 3. The second-order valence-corrected chi connectivity index (χ2v) is 4.07. The first-order chi connectivity index (χ1) is 9.16. The summed E-state index contributed by atoms with van der Waals surface area (Å²) in [5.41, 5.74) is 6.62. The number of primary amides is 1. The first-order valence-electron chi connectivity index (χ1n) is 5.90. The Kier molecular flexibility index (Phi) is 4.07. The van der Waals surface area contributed by atoms with Gasteiger partial charge in [-0.15, -0.1) is 0 Å². The fraction of sp³-hybridized carbons (Fsp3) is 0.143. The van der Waals surface area contributed by atoms with Crippen LogP contribution in [0.2, 0.25) is 0 Å². The third-order valence-electron chi connectivity index (χ3n) is 2.69. The molecule has 3 N–H and O–H groups in total. The smallest absolute Gasteiger partial charge is 0.252 e. The van der Waals surface area contributed by atoms with Crippen molar-refractivity contribution in [2.75, 3.05) is 11.9 Å². The summed E-state index contributed by atoms with van der Waals surface area (Å²) in [6.07, 6.45) is 2.29. The maximum Gasteiger partial charge on any atom is 0.252 e. The van der Waals surface area contributed by atoms with Gasteiger partial charge in [0.05, 0.1) is 5.56 Å². The number of nitrogens with two attached hydrogens (primary N) is 1. The van der Waals surface area contributed by atoms with Crippen molar-refractivity contribution in [2.24, 2.45) is 5.73 Å². The lowest BCUT2D eigenvalue weighted by Gasteiger charge is -2.08. The molecule has 2 aromatic rings. The van der Waals surface area contributed by atoms with Crippen molar-refractivity contribution in [2.45, 2.75) is 6.42 Å². The zero-order valence-corrected chi connectivity index (χ0v) is 10.3. The highest BCUT2D eigenvalue weighted by atomic mass is 19.1. The summed E-state index contributed by atoms with van der Waals surface area (Å²) in [4.78, 5) is 15.3. The standard InChI is InChI=1S/C14H14FN3O/c15-11-5-3-10(4-6-11)7-9-18-14-12(13(16)19)2-1-8-17-14/h1-6,8H,7,9H2,(H2,16,19)(H,17,18). The zero-order valence-electron chi connectivity index (χ0n) is 10.3. The highest BCUT2D eigenvalue weighted by Crippen LogP contribution is 2.11. The van der Waals surface area contributed by atoms with Crippen LogP contribution >= 0.6 is 0 Å². The topological polar surface area (TPSA) is 68.0 Å². The van der Waals surface area contributed by atoms with Crippen molar-refractivity contribution in [3.8, 4) is 0 Å². The Morgan fingerprint density at radius 3 is 2.68 bits per heavy atom. The average molecular weight is 259 g/mol. The van der Waals surface area contributed by atoms with Crippen LogP contribution in [0.25, 0.3) is 0 Å². The van der Waals surface area contributed by atoms with Crippen LogP contribution in [0.3, 0.4) is 0 Å². The fourth-order valence-corrected chi connectivity index (χ4v) is 1.72. The Morgan fingerprint density at radius 1 is 1.26 bits per heavy atom. The number of anilines is 1. The predicted molar refractivity (Wildman–Crippen MR) is 71.3 cm³/mol. The van der Waals surface area contributed by atoms with Crippen LogP contribution < -0.4 is 11.1 Å². The number of carbonyl (C=O) groups excluding carboxylic acids is 1. The van der Waals surface area contributed by atoms with Crippen LogP contribution in [-0.4, -0.2) is 17.4 Å². The number of nitrogens with zero attached hydrogens (tertiary/aromatic N) is 1. The second-order valence-electron chi connectivity index (χ2n) is 4.07. The molecule has 0 aliphatic heterocycles. The van der Waals surface area contributed by atoms with Gasteiger partial charge in [-0.05, 0) is 36.2 Å². The number of amides is 1. The molecule has 1 aromatic heterocycles. The fourth-order valence-electron chi connectivity index (χ4n) is 1.72. The zero-order chi connectivity index (χ0) is 13.7. The molecule has 1 heterocycles. The van der Waals surface area contributed by atoms with Crippen LogP contribution in [0.4, 0.5) is 10.2 Å². The predicted octanol–water partition coefficient (Wildman–Crippen LogP) is 1.97. The largest absolute Gasteiger partial charge is 0.369 e. The SMILES string of the molecule is NC(=O)c1cccnc1NCCc1ccc(F)cc1. The molecule has 0 atom stereocenters. The van der Waals surface area contributed by atoms with Gasteiger partial charge in [0.2, 0.25) is 0 Å². The second kappa shape index (κ2) is 5.95. The van der Waals surface area contributed by atoms with Crippen molar-refractivity contribution in [1.29, 1.82) is 0 Å². The van der Waals surface area contributed by atoms with Gasteiger partial charge < -0.3 is 11.1 Å². The van der Waals surface area contributed by atoms with E-state index >= 15 is 0 Å². The van der Waals surface area contributed by atoms with Gasteiger partial charge in [0.1, 0.15) is 11.6 Å². The molecule has 0 aliphatic rings. The van der Waals surface area contributed by atoms with Gasteiger partial charge in [-0.3, -0.25) is 4.79 Å². The summed E-state index contributed by atoms with van der Waals surface area (Å²) in [5, 5.41) is 3.05. The third-order valence-corrected chi connectivity index (χ3v) is 2.69. The molecule has 2 rings (SSSR count). The molecule has 5 heteroatoms. The van der Waals surface area contributed by atoms with Crippen molar-refractivity contribution in [3.05, 3.63) is 59.5 Å². The summed E-state index contributed by atoms with van der Waals surface area (Å²) < 4.78 is 12.7. The number of hydrogen-bond donors (Lipinski definition) is 2. The maximum atomic E-state index is 12.7. The first-order valence-corrected chi connectivity index (χ1v) is 5.90. The number of nitrogens with one attached hydrogen (secondary N) is 1. The van der Waals surface area contributed by atoms with Crippen LogP contribution in [0, 0.1) is 5.82 Å². The lowest BCUT2D eigenvalue weighted by Crippen LogP contribution is -2.16. The van der Waals surface area contributed by atoms with E-state index in [1.165, 1.54) is 12.1 Å². The van der Waals surface area contributed by atoms with E-state index in [0.29, 0.717) is 24.3 Å². The molecule has 0 fully saturated rings. The van der Waals surface area contributed by atoms with Crippen molar-refractivity contribution in [3.63, 3.8) is 0 Å². The molecule has 0 aliphatic carbocycles. The summed E-state index contributed by atoms with van der Waals surface area (Å²) in [7, 11) is 0. The van der Waals surface area contributed by atoms with E-state index < -0.39 is 5.91 Å². The van der Waals surface area contributed by atoms with E-state index in [9.17, 15) is 9.18 Å². The van der Waals surface area contributed by atoms with E-state index in [2.05, 4.69) is 10.3 Å². The first kappa shape index (κ1) is 13.0. The van der Waals surface area contributed by atoms with Crippen LogP contribution in [0.5, 0.6) is 0 Å². The molecule has 4 nitrogen and oxygen atoms in total. The molecule has 0 saturated heterocycles. The van der Waals surface area contributed by atoms with E-state index in [0.717, 1.165) is 5.56 Å². The molecule has 98 valence electrons. The molecule has 0 radical (unpaired) electrons. The molecular weight excluding hydrogens is 245 g/mol. The number of benzene rings is 1. The van der Waals surface area contributed by atoms with Gasteiger partial charge in [-0.1, -0.05) is 12.1 Å². The third kappa shape index (κ3) is 3.51. The van der Waals surface area contributed by atoms with E-state index in [-0.39, 0.29) is 5.82 Å². The minimum absolute atomic E-state index is 0.252.